The zero-order chi connectivity index (χ0) is 19.3. The van der Waals surface area contributed by atoms with Gasteiger partial charge in [-0.2, -0.15) is 0 Å². The molecule has 0 spiro atoms. The SMILES string of the molecule is Cc1ccc(Oc2ccc(NC(=O)C(C)NC(=O)C(C)(C)C)cc2)cc1. The van der Waals surface area contributed by atoms with Crippen molar-refractivity contribution in [3.05, 3.63) is 54.1 Å². The first-order valence-corrected chi connectivity index (χ1v) is 8.61. The third kappa shape index (κ3) is 5.62. The highest BCUT2D eigenvalue weighted by Crippen LogP contribution is 2.23. The van der Waals surface area contributed by atoms with Crippen LogP contribution in [0.25, 0.3) is 0 Å². The fraction of sp³-hybridized carbons (Fsp3) is 0.333. The van der Waals surface area contributed by atoms with Crippen LogP contribution in [-0.4, -0.2) is 17.9 Å². The van der Waals surface area contributed by atoms with Crippen molar-refractivity contribution < 1.29 is 14.3 Å². The summed E-state index contributed by atoms with van der Waals surface area (Å²) in [6.45, 7) is 9.10. The molecule has 2 rings (SSSR count). The average molecular weight is 354 g/mol. The zero-order valence-corrected chi connectivity index (χ0v) is 15.9. The van der Waals surface area contributed by atoms with E-state index >= 15 is 0 Å². The molecular formula is C21H26N2O3. The summed E-state index contributed by atoms with van der Waals surface area (Å²) in [6, 6.07) is 14.3. The maximum atomic E-state index is 12.2. The van der Waals surface area contributed by atoms with E-state index in [1.54, 1.807) is 52.0 Å². The Morgan fingerprint density at radius 1 is 0.923 bits per heavy atom. The van der Waals surface area contributed by atoms with Crippen LogP contribution in [0.3, 0.4) is 0 Å². The molecule has 0 aliphatic carbocycles. The van der Waals surface area contributed by atoms with Crippen LogP contribution in [0.2, 0.25) is 0 Å². The van der Waals surface area contributed by atoms with Crippen LogP contribution in [0.5, 0.6) is 11.5 Å². The lowest BCUT2D eigenvalue weighted by Gasteiger charge is -2.21. The van der Waals surface area contributed by atoms with Gasteiger partial charge in [-0.3, -0.25) is 9.59 Å². The highest BCUT2D eigenvalue weighted by atomic mass is 16.5. The van der Waals surface area contributed by atoms with Crippen molar-refractivity contribution in [2.24, 2.45) is 5.41 Å². The van der Waals surface area contributed by atoms with Crippen LogP contribution < -0.4 is 15.4 Å². The number of amides is 2. The van der Waals surface area contributed by atoms with E-state index in [0.29, 0.717) is 11.4 Å². The van der Waals surface area contributed by atoms with Gasteiger partial charge in [-0.15, -0.1) is 0 Å². The molecule has 1 atom stereocenters. The Morgan fingerprint density at radius 3 is 1.92 bits per heavy atom. The highest BCUT2D eigenvalue weighted by Gasteiger charge is 2.25. The Hall–Kier alpha value is -2.82. The summed E-state index contributed by atoms with van der Waals surface area (Å²) < 4.78 is 5.76. The number of hydrogen-bond donors (Lipinski definition) is 2. The van der Waals surface area contributed by atoms with Gasteiger partial charge < -0.3 is 15.4 Å². The Morgan fingerprint density at radius 2 is 1.42 bits per heavy atom. The Labute approximate surface area is 154 Å². The molecule has 1 unspecified atom stereocenters. The summed E-state index contributed by atoms with van der Waals surface area (Å²) >= 11 is 0. The summed E-state index contributed by atoms with van der Waals surface area (Å²) in [5, 5.41) is 5.50. The van der Waals surface area contributed by atoms with E-state index in [0.717, 1.165) is 5.75 Å². The van der Waals surface area contributed by atoms with E-state index in [9.17, 15) is 9.59 Å². The van der Waals surface area contributed by atoms with Gasteiger partial charge in [0.05, 0.1) is 0 Å². The van der Waals surface area contributed by atoms with Gasteiger partial charge in [0.2, 0.25) is 11.8 Å². The number of aryl methyl sites for hydroxylation is 1. The molecule has 5 nitrogen and oxygen atoms in total. The number of nitrogens with one attached hydrogen (secondary N) is 2. The number of carbonyl (C=O) groups excluding carboxylic acids is 2. The lowest BCUT2D eigenvalue weighted by atomic mass is 9.95. The molecule has 2 aromatic carbocycles. The minimum atomic E-state index is -0.620. The monoisotopic (exact) mass is 354 g/mol. The second kappa shape index (κ2) is 8.04. The van der Waals surface area contributed by atoms with Crippen LogP contribution in [0.15, 0.2) is 48.5 Å². The smallest absolute Gasteiger partial charge is 0.246 e. The summed E-state index contributed by atoms with van der Waals surface area (Å²) in [6.07, 6.45) is 0. The molecule has 0 saturated carbocycles. The van der Waals surface area contributed by atoms with Crippen LogP contribution in [-0.2, 0) is 9.59 Å². The highest BCUT2D eigenvalue weighted by molar-refractivity contribution is 5.97. The lowest BCUT2D eigenvalue weighted by Crippen LogP contribution is -2.46. The molecular weight excluding hydrogens is 328 g/mol. The number of rotatable bonds is 5. The number of anilines is 1. The van der Waals surface area contributed by atoms with Crippen LogP contribution in [0.1, 0.15) is 33.3 Å². The fourth-order valence-electron chi connectivity index (χ4n) is 2.08. The topological polar surface area (TPSA) is 67.4 Å². The fourth-order valence-corrected chi connectivity index (χ4v) is 2.08. The summed E-state index contributed by atoms with van der Waals surface area (Å²) in [5.41, 5.74) is 1.27. The minimum Gasteiger partial charge on any atom is -0.457 e. The van der Waals surface area contributed by atoms with Gasteiger partial charge in [0.25, 0.3) is 0 Å². The van der Waals surface area contributed by atoms with Crippen molar-refractivity contribution in [1.29, 1.82) is 0 Å². The molecule has 2 N–H and O–H groups in total. The molecule has 0 radical (unpaired) electrons. The number of carbonyl (C=O) groups is 2. The van der Waals surface area contributed by atoms with Gasteiger partial charge in [-0.25, -0.2) is 0 Å². The largest absolute Gasteiger partial charge is 0.457 e. The van der Waals surface area contributed by atoms with E-state index in [-0.39, 0.29) is 11.8 Å². The van der Waals surface area contributed by atoms with Gasteiger partial charge in [0.1, 0.15) is 17.5 Å². The molecule has 0 aliphatic heterocycles. The molecule has 0 aliphatic rings. The lowest BCUT2D eigenvalue weighted by molar-refractivity contribution is -0.131. The van der Waals surface area contributed by atoms with Crippen LogP contribution in [0.4, 0.5) is 5.69 Å². The maximum absolute atomic E-state index is 12.2. The van der Waals surface area contributed by atoms with Crippen molar-refractivity contribution in [2.45, 2.75) is 40.7 Å². The summed E-state index contributed by atoms with van der Waals surface area (Å²) in [4.78, 5) is 24.2. The van der Waals surface area contributed by atoms with Crippen molar-refractivity contribution in [3.63, 3.8) is 0 Å². The van der Waals surface area contributed by atoms with Crippen molar-refractivity contribution >= 4 is 17.5 Å². The molecule has 26 heavy (non-hydrogen) atoms. The maximum Gasteiger partial charge on any atom is 0.246 e. The normalized spacial score (nSPS) is 12.2. The molecule has 138 valence electrons. The van der Waals surface area contributed by atoms with Crippen molar-refractivity contribution in [3.8, 4) is 11.5 Å². The molecule has 0 saturated heterocycles. The predicted octanol–water partition coefficient (Wildman–Crippen LogP) is 4.28. The molecule has 2 amide bonds. The number of hydrogen-bond acceptors (Lipinski definition) is 3. The van der Waals surface area contributed by atoms with Gasteiger partial charge in [-0.05, 0) is 50.2 Å². The molecule has 0 heterocycles. The van der Waals surface area contributed by atoms with Crippen molar-refractivity contribution in [2.75, 3.05) is 5.32 Å². The standard InChI is InChI=1S/C21H26N2O3/c1-14-6-10-17(11-7-14)26-18-12-8-16(9-13-18)23-19(24)15(2)22-20(25)21(3,4)5/h6-13,15H,1-5H3,(H,22,25)(H,23,24). The van der Waals surface area contributed by atoms with E-state index in [4.69, 9.17) is 4.74 Å². The average Bonchev–Trinajstić information content (AvgIpc) is 2.57. The second-order valence-corrected chi connectivity index (χ2v) is 7.37. The first-order valence-electron chi connectivity index (χ1n) is 8.61. The van der Waals surface area contributed by atoms with E-state index in [1.807, 2.05) is 31.2 Å². The first-order chi connectivity index (χ1) is 12.1. The second-order valence-electron chi connectivity index (χ2n) is 7.37. The van der Waals surface area contributed by atoms with Gasteiger partial charge >= 0.3 is 0 Å². The predicted molar refractivity (Wildman–Crippen MR) is 103 cm³/mol. The van der Waals surface area contributed by atoms with E-state index < -0.39 is 11.5 Å². The Balaban J connectivity index is 1.92. The minimum absolute atomic E-state index is 0.165. The third-order valence-electron chi connectivity index (χ3n) is 3.80. The van der Waals surface area contributed by atoms with Crippen molar-refractivity contribution in [1.82, 2.24) is 5.32 Å². The summed E-state index contributed by atoms with van der Waals surface area (Å²) in [5.74, 6) is 1.00. The van der Waals surface area contributed by atoms with E-state index in [2.05, 4.69) is 10.6 Å². The summed E-state index contributed by atoms with van der Waals surface area (Å²) in [7, 11) is 0. The molecule has 0 fully saturated rings. The molecule has 0 bridgehead atoms. The number of benzene rings is 2. The Kier molecular flexibility index (Phi) is 6.03. The molecule has 5 heteroatoms. The van der Waals surface area contributed by atoms with E-state index in [1.165, 1.54) is 5.56 Å². The number of ether oxygens (including phenoxy) is 1. The zero-order valence-electron chi connectivity index (χ0n) is 15.9. The quantitative estimate of drug-likeness (QED) is 0.842. The van der Waals surface area contributed by atoms with Gasteiger partial charge in [-0.1, -0.05) is 38.5 Å². The Bertz CT molecular complexity index is 759. The van der Waals surface area contributed by atoms with Crippen LogP contribution >= 0.6 is 0 Å². The van der Waals surface area contributed by atoms with Crippen LogP contribution in [0, 0.1) is 12.3 Å². The molecule has 0 aromatic heterocycles. The van der Waals surface area contributed by atoms with Gasteiger partial charge in [0, 0.05) is 11.1 Å². The van der Waals surface area contributed by atoms with Gasteiger partial charge in [0.15, 0.2) is 0 Å². The molecule has 2 aromatic rings. The first kappa shape index (κ1) is 19.5. The third-order valence-corrected chi connectivity index (χ3v) is 3.80.